The number of nitrogens with zero attached hydrogens (tertiary/aromatic N) is 2. The van der Waals surface area contributed by atoms with Crippen LogP contribution in [0.3, 0.4) is 0 Å². The Morgan fingerprint density at radius 2 is 2.13 bits per heavy atom. The van der Waals surface area contributed by atoms with Crippen molar-refractivity contribution in [2.24, 2.45) is 5.92 Å². The highest BCUT2D eigenvalue weighted by molar-refractivity contribution is 5.36. The van der Waals surface area contributed by atoms with Gasteiger partial charge in [0.1, 0.15) is 11.6 Å². The zero-order valence-electron chi connectivity index (χ0n) is 9.75. The molecular formula is C12H19N3. The van der Waals surface area contributed by atoms with E-state index in [1.54, 1.807) is 0 Å². The van der Waals surface area contributed by atoms with Gasteiger partial charge in [0.25, 0.3) is 0 Å². The van der Waals surface area contributed by atoms with Gasteiger partial charge in [-0.15, -0.1) is 0 Å². The number of aromatic nitrogens is 2. The predicted octanol–water partition coefficient (Wildman–Crippen LogP) is 2.59. The number of hydrogen-bond acceptors (Lipinski definition) is 3. The first-order valence-corrected chi connectivity index (χ1v) is 5.74. The van der Waals surface area contributed by atoms with E-state index in [-0.39, 0.29) is 0 Å². The van der Waals surface area contributed by atoms with E-state index in [1.807, 2.05) is 7.05 Å². The van der Waals surface area contributed by atoms with Crippen molar-refractivity contribution in [1.29, 1.82) is 0 Å². The van der Waals surface area contributed by atoms with Crippen LogP contribution in [0.5, 0.6) is 0 Å². The van der Waals surface area contributed by atoms with E-state index in [0.717, 1.165) is 18.1 Å². The van der Waals surface area contributed by atoms with Gasteiger partial charge >= 0.3 is 0 Å². The van der Waals surface area contributed by atoms with Crippen LogP contribution in [0.2, 0.25) is 0 Å². The van der Waals surface area contributed by atoms with E-state index in [2.05, 4.69) is 35.2 Å². The van der Waals surface area contributed by atoms with Gasteiger partial charge in [-0.05, 0) is 25.2 Å². The van der Waals surface area contributed by atoms with Gasteiger partial charge in [-0.3, -0.25) is 0 Å². The first-order valence-electron chi connectivity index (χ1n) is 5.74. The Balaban J connectivity index is 2.24. The Morgan fingerprint density at radius 3 is 2.67 bits per heavy atom. The van der Waals surface area contributed by atoms with E-state index < -0.39 is 0 Å². The summed E-state index contributed by atoms with van der Waals surface area (Å²) in [4.78, 5) is 9.13. The van der Waals surface area contributed by atoms with Gasteiger partial charge in [-0.25, -0.2) is 9.97 Å². The summed E-state index contributed by atoms with van der Waals surface area (Å²) in [6.45, 7) is 4.44. The van der Waals surface area contributed by atoms with E-state index in [1.165, 1.54) is 18.5 Å². The molecule has 0 amide bonds. The molecule has 0 aliphatic heterocycles. The van der Waals surface area contributed by atoms with Crippen LogP contribution in [-0.2, 0) is 6.42 Å². The highest BCUT2D eigenvalue weighted by Crippen LogP contribution is 2.38. The summed E-state index contributed by atoms with van der Waals surface area (Å²) in [5, 5.41) is 3.11. The Kier molecular flexibility index (Phi) is 2.89. The second-order valence-corrected chi connectivity index (χ2v) is 4.72. The molecule has 15 heavy (non-hydrogen) atoms. The summed E-state index contributed by atoms with van der Waals surface area (Å²) < 4.78 is 0. The summed E-state index contributed by atoms with van der Waals surface area (Å²) in [6, 6.07) is 2.06. The van der Waals surface area contributed by atoms with Gasteiger partial charge in [0.15, 0.2) is 0 Å². The van der Waals surface area contributed by atoms with Gasteiger partial charge < -0.3 is 5.32 Å². The average Bonchev–Trinajstić information content (AvgIpc) is 2.99. The first kappa shape index (κ1) is 10.4. The molecule has 1 saturated carbocycles. The van der Waals surface area contributed by atoms with Crippen molar-refractivity contribution in [3.63, 3.8) is 0 Å². The lowest BCUT2D eigenvalue weighted by molar-refractivity contribution is 0.630. The fraction of sp³-hybridized carbons (Fsp3) is 0.667. The fourth-order valence-corrected chi connectivity index (χ4v) is 1.69. The molecule has 1 aliphatic carbocycles. The molecule has 1 aliphatic rings. The highest BCUT2D eigenvalue weighted by Gasteiger charge is 2.27. The molecule has 0 bridgehead atoms. The molecule has 0 radical (unpaired) electrons. The summed E-state index contributed by atoms with van der Waals surface area (Å²) in [7, 11) is 1.91. The maximum Gasteiger partial charge on any atom is 0.134 e. The number of rotatable bonds is 4. The number of hydrogen-bond donors (Lipinski definition) is 1. The summed E-state index contributed by atoms with van der Waals surface area (Å²) >= 11 is 0. The highest BCUT2D eigenvalue weighted by atomic mass is 15.0. The predicted molar refractivity (Wildman–Crippen MR) is 62.1 cm³/mol. The number of nitrogens with one attached hydrogen (secondary N) is 1. The van der Waals surface area contributed by atoms with Crippen LogP contribution in [0.15, 0.2) is 6.07 Å². The third-order valence-electron chi connectivity index (χ3n) is 2.61. The molecule has 1 aromatic heterocycles. The monoisotopic (exact) mass is 205 g/mol. The zero-order valence-corrected chi connectivity index (χ0v) is 9.75. The van der Waals surface area contributed by atoms with Crippen molar-refractivity contribution >= 4 is 5.82 Å². The van der Waals surface area contributed by atoms with E-state index in [0.29, 0.717) is 11.8 Å². The van der Waals surface area contributed by atoms with E-state index in [4.69, 9.17) is 0 Å². The molecule has 2 rings (SSSR count). The SMILES string of the molecule is CNc1cc(CC(C)C)nc(C2CC2)n1. The minimum atomic E-state index is 0.629. The molecule has 3 heteroatoms. The molecule has 1 aromatic rings. The molecule has 0 unspecified atom stereocenters. The summed E-state index contributed by atoms with van der Waals surface area (Å²) in [5.41, 5.74) is 1.17. The Bertz CT molecular complexity index is 343. The normalized spacial score (nSPS) is 15.7. The Morgan fingerprint density at radius 1 is 1.40 bits per heavy atom. The minimum Gasteiger partial charge on any atom is -0.373 e. The Hall–Kier alpha value is -1.12. The van der Waals surface area contributed by atoms with Crippen LogP contribution in [0.1, 0.15) is 44.1 Å². The molecule has 1 heterocycles. The lowest BCUT2D eigenvalue weighted by Crippen LogP contribution is -2.05. The van der Waals surface area contributed by atoms with Gasteiger partial charge in [-0.2, -0.15) is 0 Å². The average molecular weight is 205 g/mol. The largest absolute Gasteiger partial charge is 0.373 e. The molecule has 3 nitrogen and oxygen atoms in total. The van der Waals surface area contributed by atoms with Gasteiger partial charge in [-0.1, -0.05) is 13.8 Å². The van der Waals surface area contributed by atoms with Crippen molar-refractivity contribution in [2.75, 3.05) is 12.4 Å². The third kappa shape index (κ3) is 2.67. The molecule has 0 aromatic carbocycles. The van der Waals surface area contributed by atoms with Gasteiger partial charge in [0.05, 0.1) is 0 Å². The van der Waals surface area contributed by atoms with Crippen molar-refractivity contribution in [3.8, 4) is 0 Å². The molecule has 0 spiro atoms. The van der Waals surface area contributed by atoms with Crippen LogP contribution in [0, 0.1) is 5.92 Å². The zero-order chi connectivity index (χ0) is 10.8. The van der Waals surface area contributed by atoms with Crippen molar-refractivity contribution < 1.29 is 0 Å². The van der Waals surface area contributed by atoms with Crippen molar-refractivity contribution in [2.45, 2.75) is 39.0 Å². The Labute approximate surface area is 91.3 Å². The lowest BCUT2D eigenvalue weighted by Gasteiger charge is -2.08. The second-order valence-electron chi connectivity index (χ2n) is 4.72. The van der Waals surface area contributed by atoms with E-state index in [9.17, 15) is 0 Å². The maximum atomic E-state index is 4.63. The van der Waals surface area contributed by atoms with Crippen LogP contribution in [0.25, 0.3) is 0 Å². The molecular weight excluding hydrogens is 186 g/mol. The van der Waals surface area contributed by atoms with Crippen LogP contribution < -0.4 is 5.32 Å². The van der Waals surface area contributed by atoms with Gasteiger partial charge in [0, 0.05) is 24.7 Å². The van der Waals surface area contributed by atoms with E-state index >= 15 is 0 Å². The molecule has 0 atom stereocenters. The second kappa shape index (κ2) is 4.17. The smallest absolute Gasteiger partial charge is 0.134 e. The molecule has 82 valence electrons. The van der Waals surface area contributed by atoms with Crippen LogP contribution in [0.4, 0.5) is 5.82 Å². The minimum absolute atomic E-state index is 0.629. The summed E-state index contributed by atoms with van der Waals surface area (Å²) in [5.74, 6) is 3.28. The molecule has 1 N–H and O–H groups in total. The van der Waals surface area contributed by atoms with Crippen molar-refractivity contribution in [3.05, 3.63) is 17.6 Å². The third-order valence-corrected chi connectivity index (χ3v) is 2.61. The lowest BCUT2D eigenvalue weighted by atomic mass is 10.1. The van der Waals surface area contributed by atoms with Gasteiger partial charge in [0.2, 0.25) is 0 Å². The fourth-order valence-electron chi connectivity index (χ4n) is 1.69. The standard InChI is InChI=1S/C12H19N3/c1-8(2)6-10-7-11(13-3)15-12(14-10)9-4-5-9/h7-9H,4-6H2,1-3H3,(H,13,14,15). The molecule has 0 saturated heterocycles. The van der Waals surface area contributed by atoms with Crippen molar-refractivity contribution in [1.82, 2.24) is 9.97 Å². The summed E-state index contributed by atoms with van der Waals surface area (Å²) in [6.07, 6.45) is 3.56. The van der Waals surface area contributed by atoms with Crippen LogP contribution in [-0.4, -0.2) is 17.0 Å². The first-order chi connectivity index (χ1) is 7.19. The maximum absolute atomic E-state index is 4.63. The quantitative estimate of drug-likeness (QED) is 0.821. The van der Waals surface area contributed by atoms with Crippen LogP contribution >= 0.6 is 0 Å². The molecule has 1 fully saturated rings. The topological polar surface area (TPSA) is 37.8 Å². The number of anilines is 1.